The van der Waals surface area contributed by atoms with Gasteiger partial charge in [-0.05, 0) is 42.3 Å². The van der Waals surface area contributed by atoms with Crippen molar-refractivity contribution < 1.29 is 14.3 Å². The van der Waals surface area contributed by atoms with Gasteiger partial charge in [0.2, 0.25) is 0 Å². The van der Waals surface area contributed by atoms with Crippen molar-refractivity contribution in [2.45, 2.75) is 25.7 Å². The Bertz CT molecular complexity index is 1060. The first kappa shape index (κ1) is 20.1. The number of hydrogen-bond acceptors (Lipinski definition) is 3. The molecular formula is C24H21ClN2O3. The number of para-hydroxylation sites is 1. The number of nitrogens with zero attached hydrogens (tertiary/aromatic N) is 1. The molecule has 1 saturated heterocycles. The normalized spacial score (nSPS) is 17.3. The van der Waals surface area contributed by atoms with Crippen molar-refractivity contribution in [1.29, 1.82) is 0 Å². The van der Waals surface area contributed by atoms with Crippen LogP contribution in [-0.4, -0.2) is 24.0 Å². The minimum absolute atomic E-state index is 0.243. The summed E-state index contributed by atoms with van der Waals surface area (Å²) in [6, 6.07) is 24.4. The number of nitrogens with one attached hydrogen (secondary N) is 1. The number of anilines is 2. The molecule has 4 rings (SSSR count). The molecule has 30 heavy (non-hydrogen) atoms. The summed E-state index contributed by atoms with van der Waals surface area (Å²) in [5, 5.41) is 3.37. The van der Waals surface area contributed by atoms with Gasteiger partial charge in [-0.25, -0.2) is 0 Å². The molecule has 3 aromatic carbocycles. The smallest absolute Gasteiger partial charge is 0.259 e. The van der Waals surface area contributed by atoms with Crippen molar-refractivity contribution in [2.24, 2.45) is 0 Å². The SMILES string of the molecule is Cc1c(Cl)cccc1NC(=O)[C@H]1O[C@@H]1C(=O)N(Cc1ccccc1)c1ccccc1. The topological polar surface area (TPSA) is 61.9 Å². The largest absolute Gasteiger partial charge is 0.349 e. The fraction of sp³-hybridized carbons (Fsp3) is 0.167. The molecule has 0 spiro atoms. The van der Waals surface area contributed by atoms with Gasteiger partial charge in [0, 0.05) is 16.4 Å². The molecule has 1 heterocycles. The zero-order valence-corrected chi connectivity index (χ0v) is 17.2. The fourth-order valence-electron chi connectivity index (χ4n) is 3.27. The summed E-state index contributed by atoms with van der Waals surface area (Å²) in [5.41, 5.74) is 3.13. The summed E-state index contributed by atoms with van der Waals surface area (Å²) in [4.78, 5) is 27.5. The Hall–Kier alpha value is -3.15. The molecule has 2 amide bonds. The number of epoxide rings is 1. The van der Waals surface area contributed by atoms with Gasteiger partial charge in [0.25, 0.3) is 11.8 Å². The van der Waals surface area contributed by atoms with Crippen LogP contribution in [0.4, 0.5) is 11.4 Å². The van der Waals surface area contributed by atoms with Crippen LogP contribution in [0.2, 0.25) is 5.02 Å². The van der Waals surface area contributed by atoms with Crippen LogP contribution < -0.4 is 10.2 Å². The highest BCUT2D eigenvalue weighted by Crippen LogP contribution is 2.30. The predicted octanol–water partition coefficient (Wildman–Crippen LogP) is 4.59. The molecule has 1 fully saturated rings. The highest BCUT2D eigenvalue weighted by molar-refractivity contribution is 6.31. The second kappa shape index (κ2) is 8.69. The Balaban J connectivity index is 1.49. The Morgan fingerprint density at radius 2 is 1.60 bits per heavy atom. The van der Waals surface area contributed by atoms with E-state index in [2.05, 4.69) is 5.32 Å². The molecule has 0 aromatic heterocycles. The highest BCUT2D eigenvalue weighted by atomic mass is 35.5. The number of carbonyl (C=O) groups excluding carboxylic acids is 2. The molecule has 0 unspecified atom stereocenters. The monoisotopic (exact) mass is 420 g/mol. The van der Waals surface area contributed by atoms with Gasteiger partial charge in [0.05, 0.1) is 6.54 Å². The van der Waals surface area contributed by atoms with Crippen LogP contribution in [-0.2, 0) is 20.9 Å². The minimum Gasteiger partial charge on any atom is -0.349 e. The molecule has 1 aliphatic rings. The van der Waals surface area contributed by atoms with Crippen molar-refractivity contribution >= 4 is 34.8 Å². The number of amides is 2. The molecular weight excluding hydrogens is 400 g/mol. The summed E-state index contributed by atoms with van der Waals surface area (Å²) < 4.78 is 5.49. The molecule has 1 aliphatic heterocycles. The second-order valence-corrected chi connectivity index (χ2v) is 7.53. The quantitative estimate of drug-likeness (QED) is 0.593. The van der Waals surface area contributed by atoms with E-state index in [0.29, 0.717) is 17.3 Å². The Morgan fingerprint density at radius 3 is 2.30 bits per heavy atom. The molecule has 0 radical (unpaired) electrons. The van der Waals surface area contributed by atoms with Gasteiger partial charge < -0.3 is 15.0 Å². The summed E-state index contributed by atoms with van der Waals surface area (Å²) in [6.45, 7) is 2.22. The molecule has 6 heteroatoms. The van der Waals surface area contributed by atoms with E-state index < -0.39 is 12.2 Å². The average Bonchev–Trinajstić information content (AvgIpc) is 3.57. The van der Waals surface area contributed by atoms with Gasteiger partial charge in [0.1, 0.15) is 0 Å². The van der Waals surface area contributed by atoms with Crippen LogP contribution in [0.25, 0.3) is 0 Å². The predicted molar refractivity (Wildman–Crippen MR) is 118 cm³/mol. The highest BCUT2D eigenvalue weighted by Gasteiger charge is 2.52. The maximum atomic E-state index is 13.2. The van der Waals surface area contributed by atoms with Gasteiger partial charge >= 0.3 is 0 Å². The third-order valence-corrected chi connectivity index (χ3v) is 5.45. The Kier molecular flexibility index (Phi) is 5.84. The molecule has 0 saturated carbocycles. The first-order valence-electron chi connectivity index (χ1n) is 9.66. The summed E-state index contributed by atoms with van der Waals surface area (Å²) in [5.74, 6) is -0.598. The molecule has 3 aromatic rings. The minimum atomic E-state index is -0.821. The lowest BCUT2D eigenvalue weighted by Crippen LogP contribution is -2.36. The summed E-state index contributed by atoms with van der Waals surface area (Å²) in [7, 11) is 0. The Labute approximate surface area is 180 Å². The number of hydrogen-bond donors (Lipinski definition) is 1. The third kappa shape index (κ3) is 4.37. The van der Waals surface area contributed by atoms with Gasteiger partial charge in [0.15, 0.2) is 12.2 Å². The summed E-state index contributed by atoms with van der Waals surface area (Å²) in [6.07, 6.45) is -1.63. The average molecular weight is 421 g/mol. The lowest BCUT2D eigenvalue weighted by atomic mass is 10.1. The second-order valence-electron chi connectivity index (χ2n) is 7.12. The van der Waals surface area contributed by atoms with Crippen molar-refractivity contribution in [3.8, 4) is 0 Å². The van der Waals surface area contributed by atoms with Crippen LogP contribution >= 0.6 is 11.6 Å². The van der Waals surface area contributed by atoms with E-state index in [1.165, 1.54) is 0 Å². The van der Waals surface area contributed by atoms with Gasteiger partial charge in [-0.15, -0.1) is 0 Å². The van der Waals surface area contributed by atoms with Crippen LogP contribution in [0.3, 0.4) is 0 Å². The van der Waals surface area contributed by atoms with Crippen LogP contribution in [0.5, 0.6) is 0 Å². The standard InChI is InChI=1S/C24H21ClN2O3/c1-16-19(25)13-8-14-20(16)26-23(28)21-22(30-21)24(29)27(18-11-6-3-7-12-18)15-17-9-4-2-5-10-17/h2-14,21-22H,15H2,1H3,(H,26,28)/t21-,22-/m0/s1. The number of rotatable bonds is 6. The molecule has 5 nitrogen and oxygen atoms in total. The molecule has 2 atom stereocenters. The maximum absolute atomic E-state index is 13.2. The first-order chi connectivity index (χ1) is 14.5. The zero-order chi connectivity index (χ0) is 21.1. The molecule has 0 aliphatic carbocycles. The van der Waals surface area contributed by atoms with Crippen molar-refractivity contribution in [1.82, 2.24) is 0 Å². The Morgan fingerprint density at radius 1 is 0.933 bits per heavy atom. The first-order valence-corrected chi connectivity index (χ1v) is 10.0. The molecule has 152 valence electrons. The molecule has 0 bridgehead atoms. The van der Waals surface area contributed by atoms with Gasteiger partial charge in [-0.3, -0.25) is 9.59 Å². The van der Waals surface area contributed by atoms with Crippen molar-refractivity contribution in [3.05, 3.63) is 95.0 Å². The number of halogens is 1. The van der Waals surface area contributed by atoms with Crippen LogP contribution in [0, 0.1) is 6.92 Å². The van der Waals surface area contributed by atoms with Crippen molar-refractivity contribution in [3.63, 3.8) is 0 Å². The summed E-state index contributed by atoms with van der Waals surface area (Å²) >= 11 is 6.11. The van der Waals surface area contributed by atoms with E-state index >= 15 is 0 Å². The van der Waals surface area contributed by atoms with Gasteiger partial charge in [-0.1, -0.05) is 66.2 Å². The number of benzene rings is 3. The van der Waals surface area contributed by atoms with E-state index in [9.17, 15) is 9.59 Å². The van der Waals surface area contributed by atoms with E-state index in [4.69, 9.17) is 16.3 Å². The van der Waals surface area contributed by atoms with Crippen LogP contribution in [0.15, 0.2) is 78.9 Å². The lowest BCUT2D eigenvalue weighted by Gasteiger charge is -2.22. The van der Waals surface area contributed by atoms with E-state index in [1.807, 2.05) is 67.6 Å². The molecule has 1 N–H and O–H groups in total. The lowest BCUT2D eigenvalue weighted by molar-refractivity contribution is -0.120. The third-order valence-electron chi connectivity index (χ3n) is 5.04. The fourth-order valence-corrected chi connectivity index (χ4v) is 3.44. The van der Waals surface area contributed by atoms with E-state index in [1.54, 1.807) is 23.1 Å². The maximum Gasteiger partial charge on any atom is 0.259 e. The van der Waals surface area contributed by atoms with E-state index in [-0.39, 0.29) is 11.8 Å². The van der Waals surface area contributed by atoms with Crippen LogP contribution in [0.1, 0.15) is 11.1 Å². The number of ether oxygens (including phenoxy) is 1. The zero-order valence-electron chi connectivity index (χ0n) is 16.4. The van der Waals surface area contributed by atoms with Gasteiger partial charge in [-0.2, -0.15) is 0 Å². The van der Waals surface area contributed by atoms with Crippen molar-refractivity contribution in [2.75, 3.05) is 10.2 Å². The number of carbonyl (C=O) groups is 2. The van der Waals surface area contributed by atoms with E-state index in [0.717, 1.165) is 16.8 Å².